The lowest BCUT2D eigenvalue weighted by Gasteiger charge is -2.11. The van der Waals surface area contributed by atoms with Crippen LogP contribution in [0.3, 0.4) is 0 Å². The van der Waals surface area contributed by atoms with E-state index >= 15 is 0 Å². The van der Waals surface area contributed by atoms with Crippen LogP contribution in [-0.4, -0.2) is 22.4 Å². The van der Waals surface area contributed by atoms with Gasteiger partial charge in [-0.3, -0.25) is 10.1 Å². The van der Waals surface area contributed by atoms with Gasteiger partial charge in [0.25, 0.3) is 0 Å². The van der Waals surface area contributed by atoms with Crippen molar-refractivity contribution in [2.24, 2.45) is 0 Å². The third kappa shape index (κ3) is 3.22. The van der Waals surface area contributed by atoms with Crippen LogP contribution in [0.2, 0.25) is 0 Å². The van der Waals surface area contributed by atoms with Crippen molar-refractivity contribution in [1.29, 1.82) is 10.5 Å². The van der Waals surface area contributed by atoms with Gasteiger partial charge in [0.1, 0.15) is 12.1 Å². The van der Waals surface area contributed by atoms with E-state index in [0.29, 0.717) is 0 Å². The van der Waals surface area contributed by atoms with Crippen LogP contribution in [0.1, 0.15) is 22.5 Å². The molecule has 0 fully saturated rings. The molecule has 1 amide bonds. The standard InChI is InChI=1S/C15H14N6O/c1-9-4-3-5-10(2)14(9)18-8-13(22)21-15-19-11(6-16)12(7-17)20-15/h3-5,18H,8H2,1-2H3,(H2,19,20,21,22). The van der Waals surface area contributed by atoms with Crippen molar-refractivity contribution in [3.05, 3.63) is 40.7 Å². The van der Waals surface area contributed by atoms with Crippen LogP contribution in [-0.2, 0) is 4.79 Å². The number of anilines is 2. The van der Waals surface area contributed by atoms with Crippen LogP contribution < -0.4 is 10.6 Å². The predicted octanol–water partition coefficient (Wildman–Crippen LogP) is 1.82. The summed E-state index contributed by atoms with van der Waals surface area (Å²) in [6, 6.07) is 9.45. The molecule has 1 aromatic carbocycles. The fourth-order valence-electron chi connectivity index (χ4n) is 2.03. The van der Waals surface area contributed by atoms with Crippen LogP contribution in [0.4, 0.5) is 11.6 Å². The largest absolute Gasteiger partial charge is 0.376 e. The third-order valence-electron chi connectivity index (χ3n) is 3.09. The highest BCUT2D eigenvalue weighted by molar-refractivity contribution is 5.92. The average Bonchev–Trinajstić information content (AvgIpc) is 2.88. The van der Waals surface area contributed by atoms with Gasteiger partial charge in [-0.1, -0.05) is 18.2 Å². The van der Waals surface area contributed by atoms with Crippen molar-refractivity contribution in [2.45, 2.75) is 13.8 Å². The van der Waals surface area contributed by atoms with Crippen LogP contribution in [0, 0.1) is 36.5 Å². The van der Waals surface area contributed by atoms with Crippen molar-refractivity contribution < 1.29 is 4.79 Å². The summed E-state index contributed by atoms with van der Waals surface area (Å²) in [5.41, 5.74) is 2.99. The first kappa shape index (κ1) is 15.1. The van der Waals surface area contributed by atoms with Crippen molar-refractivity contribution in [3.63, 3.8) is 0 Å². The first-order valence-corrected chi connectivity index (χ1v) is 6.55. The Kier molecular flexibility index (Phi) is 4.40. The molecule has 3 N–H and O–H groups in total. The molecule has 0 bridgehead atoms. The lowest BCUT2D eigenvalue weighted by Crippen LogP contribution is -2.23. The van der Waals surface area contributed by atoms with Crippen molar-refractivity contribution in [1.82, 2.24) is 9.97 Å². The Balaban J connectivity index is 2.01. The molecule has 7 nitrogen and oxygen atoms in total. The molecule has 0 aliphatic carbocycles. The zero-order chi connectivity index (χ0) is 16.1. The normalized spacial score (nSPS) is 9.64. The van der Waals surface area contributed by atoms with E-state index in [4.69, 9.17) is 10.5 Å². The number of hydrogen-bond acceptors (Lipinski definition) is 5. The molecule has 0 saturated heterocycles. The number of carbonyl (C=O) groups excluding carboxylic acids is 1. The second-order valence-electron chi connectivity index (χ2n) is 4.70. The fourth-order valence-corrected chi connectivity index (χ4v) is 2.03. The van der Waals surface area contributed by atoms with Gasteiger partial charge in [0.15, 0.2) is 11.4 Å². The zero-order valence-electron chi connectivity index (χ0n) is 12.2. The minimum atomic E-state index is -0.328. The number of carbonyl (C=O) groups is 1. The molecule has 1 heterocycles. The molecule has 2 rings (SSSR count). The molecular formula is C15H14N6O. The molecule has 0 aliphatic heterocycles. The van der Waals surface area contributed by atoms with Gasteiger partial charge in [0.2, 0.25) is 11.9 Å². The van der Waals surface area contributed by atoms with E-state index < -0.39 is 0 Å². The van der Waals surface area contributed by atoms with E-state index in [1.54, 1.807) is 12.1 Å². The highest BCUT2D eigenvalue weighted by Crippen LogP contribution is 2.19. The summed E-state index contributed by atoms with van der Waals surface area (Å²) in [5.74, 6) is -0.244. The number of aromatic amines is 1. The maximum absolute atomic E-state index is 11.9. The summed E-state index contributed by atoms with van der Waals surface area (Å²) in [6.45, 7) is 3.96. The summed E-state index contributed by atoms with van der Waals surface area (Å²) in [4.78, 5) is 18.3. The number of para-hydroxylation sites is 1. The average molecular weight is 294 g/mol. The van der Waals surface area contributed by atoms with Crippen molar-refractivity contribution in [3.8, 4) is 12.1 Å². The summed E-state index contributed by atoms with van der Waals surface area (Å²) in [7, 11) is 0. The summed E-state index contributed by atoms with van der Waals surface area (Å²) in [5, 5.41) is 23.2. The number of rotatable bonds is 4. The molecular weight excluding hydrogens is 280 g/mol. The highest BCUT2D eigenvalue weighted by atomic mass is 16.2. The molecule has 0 unspecified atom stereocenters. The van der Waals surface area contributed by atoms with Gasteiger partial charge in [-0.25, -0.2) is 4.98 Å². The molecule has 0 aliphatic rings. The van der Waals surface area contributed by atoms with Gasteiger partial charge in [-0.05, 0) is 25.0 Å². The Morgan fingerprint density at radius 1 is 1.27 bits per heavy atom. The van der Waals surface area contributed by atoms with E-state index in [0.717, 1.165) is 16.8 Å². The molecule has 0 saturated carbocycles. The molecule has 0 radical (unpaired) electrons. The Hall–Kier alpha value is -3.32. The maximum atomic E-state index is 11.9. The smallest absolute Gasteiger partial charge is 0.245 e. The first-order valence-electron chi connectivity index (χ1n) is 6.55. The second kappa shape index (κ2) is 6.42. The lowest BCUT2D eigenvalue weighted by molar-refractivity contribution is -0.114. The molecule has 7 heteroatoms. The van der Waals surface area contributed by atoms with E-state index in [-0.39, 0.29) is 29.8 Å². The molecule has 2 aromatic rings. The van der Waals surface area contributed by atoms with Crippen LogP contribution in [0.15, 0.2) is 18.2 Å². The molecule has 0 atom stereocenters. The highest BCUT2D eigenvalue weighted by Gasteiger charge is 2.12. The zero-order valence-corrected chi connectivity index (χ0v) is 12.2. The van der Waals surface area contributed by atoms with Gasteiger partial charge in [0, 0.05) is 5.69 Å². The number of nitrogens with zero attached hydrogens (tertiary/aromatic N) is 3. The van der Waals surface area contributed by atoms with Gasteiger partial charge >= 0.3 is 0 Å². The number of nitrogens with one attached hydrogen (secondary N) is 3. The number of benzene rings is 1. The van der Waals surface area contributed by atoms with Crippen molar-refractivity contribution >= 4 is 17.5 Å². The second-order valence-corrected chi connectivity index (χ2v) is 4.70. The van der Waals surface area contributed by atoms with Gasteiger partial charge in [-0.2, -0.15) is 10.5 Å². The quantitative estimate of drug-likeness (QED) is 0.795. The number of amides is 1. The summed E-state index contributed by atoms with van der Waals surface area (Å²) in [6.07, 6.45) is 0. The maximum Gasteiger partial charge on any atom is 0.245 e. The van der Waals surface area contributed by atoms with E-state index in [2.05, 4.69) is 20.6 Å². The van der Waals surface area contributed by atoms with Crippen LogP contribution >= 0.6 is 0 Å². The first-order chi connectivity index (χ1) is 10.5. The van der Waals surface area contributed by atoms with Gasteiger partial charge < -0.3 is 10.3 Å². The Morgan fingerprint density at radius 2 is 1.95 bits per heavy atom. The van der Waals surface area contributed by atoms with E-state index in [9.17, 15) is 4.79 Å². The van der Waals surface area contributed by atoms with Gasteiger partial charge in [-0.15, -0.1) is 0 Å². The number of imidazole rings is 1. The summed E-state index contributed by atoms with van der Waals surface area (Å²) >= 11 is 0. The monoisotopic (exact) mass is 294 g/mol. The number of H-pyrrole nitrogens is 1. The number of hydrogen-bond donors (Lipinski definition) is 3. The minimum absolute atomic E-state index is 0.0282. The number of aromatic nitrogens is 2. The number of nitriles is 2. The predicted molar refractivity (Wildman–Crippen MR) is 81.1 cm³/mol. The lowest BCUT2D eigenvalue weighted by atomic mass is 10.1. The Labute approximate surface area is 127 Å². The van der Waals surface area contributed by atoms with Crippen molar-refractivity contribution in [2.75, 3.05) is 17.2 Å². The molecule has 0 spiro atoms. The van der Waals surface area contributed by atoms with Crippen LogP contribution in [0.5, 0.6) is 0 Å². The molecule has 1 aromatic heterocycles. The number of aryl methyl sites for hydroxylation is 2. The van der Waals surface area contributed by atoms with Gasteiger partial charge in [0.05, 0.1) is 6.54 Å². The van der Waals surface area contributed by atoms with Crippen LogP contribution in [0.25, 0.3) is 0 Å². The fraction of sp³-hybridized carbons (Fsp3) is 0.200. The van der Waals surface area contributed by atoms with E-state index in [1.807, 2.05) is 32.0 Å². The third-order valence-corrected chi connectivity index (χ3v) is 3.09. The molecule has 110 valence electrons. The Bertz CT molecular complexity index is 742. The summed E-state index contributed by atoms with van der Waals surface area (Å²) < 4.78 is 0. The molecule has 22 heavy (non-hydrogen) atoms. The SMILES string of the molecule is Cc1cccc(C)c1NCC(=O)Nc1nc(C#N)c(C#N)[nH]1. The minimum Gasteiger partial charge on any atom is -0.376 e. The Morgan fingerprint density at radius 3 is 2.50 bits per heavy atom. The topological polar surface area (TPSA) is 117 Å². The van der Waals surface area contributed by atoms with E-state index in [1.165, 1.54) is 0 Å².